The predicted molar refractivity (Wildman–Crippen MR) is 113 cm³/mol. The molecule has 3 aliphatic rings. The number of imidazole rings is 1. The van der Waals surface area contributed by atoms with Gasteiger partial charge in [0.05, 0.1) is 13.3 Å². The molecule has 1 saturated heterocycles. The van der Waals surface area contributed by atoms with Crippen molar-refractivity contribution in [3.05, 3.63) is 11.5 Å². The number of rotatable bonds is 7. The van der Waals surface area contributed by atoms with E-state index in [2.05, 4.69) is 18.7 Å². The minimum atomic E-state index is -1.16. The fraction of sp³-hybridized carbons (Fsp3) is 0.810. The lowest BCUT2D eigenvalue weighted by Crippen LogP contribution is -2.48. The van der Waals surface area contributed by atoms with Gasteiger partial charge in [0.15, 0.2) is 12.1 Å². The molecule has 168 valence electrons. The van der Waals surface area contributed by atoms with Crippen molar-refractivity contribution in [1.29, 1.82) is 5.41 Å². The van der Waals surface area contributed by atoms with E-state index in [0.29, 0.717) is 18.2 Å². The van der Waals surface area contributed by atoms with Crippen LogP contribution in [0.2, 0.25) is 0 Å². The van der Waals surface area contributed by atoms with E-state index in [1.54, 1.807) is 0 Å². The Kier molecular flexibility index (Phi) is 6.34. The maximum atomic E-state index is 10.8. The van der Waals surface area contributed by atoms with E-state index in [-0.39, 0.29) is 12.5 Å². The number of ether oxygens (including phenoxy) is 1. The van der Waals surface area contributed by atoms with Crippen LogP contribution in [-0.4, -0.2) is 80.3 Å². The summed E-state index contributed by atoms with van der Waals surface area (Å²) in [4.78, 5) is 9.21. The highest BCUT2D eigenvalue weighted by Gasteiger charge is 2.47. The van der Waals surface area contributed by atoms with Gasteiger partial charge in [-0.3, -0.25) is 9.98 Å². The minimum Gasteiger partial charge on any atom is -0.394 e. The Balaban J connectivity index is 1.84. The lowest BCUT2D eigenvalue weighted by molar-refractivity contribution is -0.0538. The van der Waals surface area contributed by atoms with Gasteiger partial charge in [0, 0.05) is 19.0 Å². The average molecular weight is 422 g/mol. The second-order valence-electron chi connectivity index (χ2n) is 8.74. The third kappa shape index (κ3) is 3.51. The first-order chi connectivity index (χ1) is 14.5. The first-order valence-corrected chi connectivity index (χ1v) is 11.3. The van der Waals surface area contributed by atoms with Gasteiger partial charge in [-0.1, -0.05) is 26.7 Å². The van der Waals surface area contributed by atoms with Gasteiger partial charge in [0.25, 0.3) is 0 Å². The molecule has 1 aliphatic carbocycles. The number of nitrogens with one attached hydrogen (secondary N) is 1. The third-order valence-corrected chi connectivity index (χ3v) is 6.57. The molecule has 0 amide bonds. The number of aliphatic hydroxyl groups excluding tert-OH is 3. The van der Waals surface area contributed by atoms with Crippen LogP contribution >= 0.6 is 0 Å². The van der Waals surface area contributed by atoms with Crippen molar-refractivity contribution in [2.45, 2.75) is 82.8 Å². The Hall–Kier alpha value is -1.68. The smallest absolute Gasteiger partial charge is 0.166 e. The van der Waals surface area contributed by atoms with E-state index in [1.807, 2.05) is 9.47 Å². The molecule has 2 fully saturated rings. The van der Waals surface area contributed by atoms with Gasteiger partial charge in [-0.15, -0.1) is 0 Å². The predicted octanol–water partition coefficient (Wildman–Crippen LogP) is 1.38. The summed E-state index contributed by atoms with van der Waals surface area (Å²) in [6, 6.07) is 0. The number of amidine groups is 1. The highest BCUT2D eigenvalue weighted by Crippen LogP contribution is 2.43. The number of fused-ring (bicyclic) bond motifs is 1. The molecule has 1 aromatic rings. The van der Waals surface area contributed by atoms with Crippen molar-refractivity contribution in [2.24, 2.45) is 0 Å². The monoisotopic (exact) mass is 421 g/mol. The second-order valence-corrected chi connectivity index (χ2v) is 8.74. The van der Waals surface area contributed by atoms with E-state index in [4.69, 9.17) is 15.1 Å². The van der Waals surface area contributed by atoms with Gasteiger partial charge in [-0.05, 0) is 25.7 Å². The van der Waals surface area contributed by atoms with Gasteiger partial charge in [-0.25, -0.2) is 4.98 Å². The standard InChI is InChI=1S/C21H35N5O4/c1-3-9-24-12-25(10-4-2)20-15(18(24)22)23-19(13-7-5-6-8-13)26(20)21-17(29)16(28)14(11-27)30-21/h13-14,16-17,21-22,27-29H,3-12H2,1-2H3/t14-,16-,17-,21-/m1/s1. The summed E-state index contributed by atoms with van der Waals surface area (Å²) in [5.74, 6) is 2.28. The van der Waals surface area contributed by atoms with Crippen molar-refractivity contribution in [2.75, 3.05) is 31.3 Å². The largest absolute Gasteiger partial charge is 0.394 e. The Morgan fingerprint density at radius 2 is 1.73 bits per heavy atom. The van der Waals surface area contributed by atoms with Crippen LogP contribution in [0.25, 0.3) is 0 Å². The van der Waals surface area contributed by atoms with Gasteiger partial charge in [0.2, 0.25) is 0 Å². The van der Waals surface area contributed by atoms with E-state index < -0.39 is 24.5 Å². The maximum Gasteiger partial charge on any atom is 0.166 e. The van der Waals surface area contributed by atoms with Crippen molar-refractivity contribution in [1.82, 2.24) is 14.5 Å². The molecule has 0 bridgehead atoms. The van der Waals surface area contributed by atoms with Gasteiger partial charge in [-0.2, -0.15) is 0 Å². The minimum absolute atomic E-state index is 0.243. The lowest BCUT2D eigenvalue weighted by atomic mass is 10.1. The van der Waals surface area contributed by atoms with Crippen LogP contribution in [0.15, 0.2) is 0 Å². The van der Waals surface area contributed by atoms with Crippen molar-refractivity contribution < 1.29 is 20.1 Å². The van der Waals surface area contributed by atoms with Crippen LogP contribution in [-0.2, 0) is 4.74 Å². The van der Waals surface area contributed by atoms with Crippen molar-refractivity contribution >= 4 is 11.7 Å². The summed E-state index contributed by atoms with van der Waals surface area (Å²) < 4.78 is 7.88. The highest BCUT2D eigenvalue weighted by molar-refractivity contribution is 6.01. The highest BCUT2D eigenvalue weighted by atomic mass is 16.6. The Bertz CT molecular complexity index is 763. The SMILES string of the molecule is CCCN1CN(CCC)c2c(nc(C3CCCC3)n2[C@@H]2O[C@H](CO)[C@@H](O)[C@H]2O)C1=N. The molecule has 4 atom stereocenters. The molecule has 9 nitrogen and oxygen atoms in total. The van der Waals surface area contributed by atoms with Crippen LogP contribution in [0.4, 0.5) is 5.82 Å². The third-order valence-electron chi connectivity index (χ3n) is 6.57. The quantitative estimate of drug-likeness (QED) is 0.525. The molecule has 0 unspecified atom stereocenters. The molecule has 1 aromatic heterocycles. The number of nitrogens with zero attached hydrogens (tertiary/aromatic N) is 4. The van der Waals surface area contributed by atoms with Gasteiger partial charge >= 0.3 is 0 Å². The Morgan fingerprint density at radius 3 is 2.33 bits per heavy atom. The zero-order chi connectivity index (χ0) is 21.4. The van der Waals surface area contributed by atoms with Crippen LogP contribution in [0.3, 0.4) is 0 Å². The number of hydrogen-bond acceptors (Lipinski definition) is 7. The molecule has 30 heavy (non-hydrogen) atoms. The molecular weight excluding hydrogens is 386 g/mol. The summed E-state index contributed by atoms with van der Waals surface area (Å²) >= 11 is 0. The number of aromatic nitrogens is 2. The van der Waals surface area contributed by atoms with Crippen molar-refractivity contribution in [3.8, 4) is 0 Å². The molecule has 0 aromatic carbocycles. The summed E-state index contributed by atoms with van der Waals surface area (Å²) in [5, 5.41) is 39.6. The first kappa shape index (κ1) is 21.5. The molecule has 1 saturated carbocycles. The van der Waals surface area contributed by atoms with E-state index in [9.17, 15) is 15.3 Å². The molecule has 4 N–H and O–H groups in total. The maximum absolute atomic E-state index is 10.8. The van der Waals surface area contributed by atoms with E-state index >= 15 is 0 Å². The normalized spacial score (nSPS) is 29.8. The number of aliphatic hydroxyl groups is 3. The summed E-state index contributed by atoms with van der Waals surface area (Å²) in [6.07, 6.45) is 2.21. The summed E-state index contributed by atoms with van der Waals surface area (Å²) in [6.45, 7) is 6.05. The van der Waals surface area contributed by atoms with E-state index in [0.717, 1.165) is 63.3 Å². The van der Waals surface area contributed by atoms with Gasteiger partial charge in [0.1, 0.15) is 35.6 Å². The zero-order valence-corrected chi connectivity index (χ0v) is 18.0. The molecular formula is C21H35N5O4. The molecule has 3 heterocycles. The number of hydrogen-bond donors (Lipinski definition) is 4. The van der Waals surface area contributed by atoms with Crippen LogP contribution in [0.1, 0.15) is 76.0 Å². The molecule has 0 radical (unpaired) electrons. The fourth-order valence-corrected chi connectivity index (χ4v) is 5.11. The Labute approximate surface area is 177 Å². The fourth-order valence-electron chi connectivity index (χ4n) is 5.11. The molecule has 4 rings (SSSR count). The molecule has 2 aliphatic heterocycles. The first-order valence-electron chi connectivity index (χ1n) is 11.3. The van der Waals surface area contributed by atoms with Crippen LogP contribution in [0, 0.1) is 5.41 Å². The zero-order valence-electron chi connectivity index (χ0n) is 18.0. The van der Waals surface area contributed by atoms with Crippen LogP contribution in [0.5, 0.6) is 0 Å². The van der Waals surface area contributed by atoms with Crippen LogP contribution < -0.4 is 4.90 Å². The van der Waals surface area contributed by atoms with E-state index in [1.165, 1.54) is 0 Å². The summed E-state index contributed by atoms with van der Waals surface area (Å²) in [7, 11) is 0. The second kappa shape index (κ2) is 8.82. The van der Waals surface area contributed by atoms with Crippen molar-refractivity contribution in [3.63, 3.8) is 0 Å². The molecule has 9 heteroatoms. The molecule has 0 spiro atoms. The Morgan fingerprint density at radius 1 is 1.07 bits per heavy atom. The number of anilines is 1. The lowest BCUT2D eigenvalue weighted by Gasteiger charge is -2.39. The topological polar surface area (TPSA) is 118 Å². The summed E-state index contributed by atoms with van der Waals surface area (Å²) in [5.41, 5.74) is 0.628. The van der Waals surface area contributed by atoms with Gasteiger partial charge < -0.3 is 29.9 Å². The average Bonchev–Trinajstić information content (AvgIpc) is 3.45.